The molecule has 1 N–H and O–H groups in total. The van der Waals surface area contributed by atoms with Crippen LogP contribution in [0.25, 0.3) is 0 Å². The molecule has 21 heavy (non-hydrogen) atoms. The summed E-state index contributed by atoms with van der Waals surface area (Å²) in [7, 11) is 0. The molecule has 0 radical (unpaired) electrons. The highest BCUT2D eigenvalue weighted by Gasteiger charge is 2.28. The van der Waals surface area contributed by atoms with E-state index in [4.69, 9.17) is 14.1 Å². The van der Waals surface area contributed by atoms with Crippen molar-refractivity contribution >= 4 is 0 Å². The number of rotatable bonds is 5. The molecule has 1 aliphatic rings. The molecule has 2 aromatic rings. The monoisotopic (exact) mass is 286 g/mol. The maximum absolute atomic E-state index is 10.2. The Bertz CT molecular complexity index is 612. The topological polar surface area (TPSA) is 73.5 Å². The first-order valence-corrected chi connectivity index (χ1v) is 7.20. The van der Waals surface area contributed by atoms with Gasteiger partial charge in [0.2, 0.25) is 5.76 Å². The lowest BCUT2D eigenvalue weighted by Crippen LogP contribution is -2.30. The molecule has 3 rings (SSSR count). The Morgan fingerprint density at radius 2 is 2.33 bits per heavy atom. The molecule has 1 aliphatic heterocycles. The smallest absolute Gasteiger partial charge is 0.203 e. The number of hydrogen-bond acceptors (Lipinski definition) is 5. The van der Waals surface area contributed by atoms with E-state index >= 15 is 0 Å². The molecule has 0 spiro atoms. The van der Waals surface area contributed by atoms with E-state index in [-0.39, 0.29) is 0 Å². The van der Waals surface area contributed by atoms with Gasteiger partial charge in [0.25, 0.3) is 0 Å². The number of furan rings is 2. The molecule has 5 nitrogen and oxygen atoms in total. The fourth-order valence-electron chi connectivity index (χ4n) is 2.95. The van der Waals surface area contributed by atoms with Gasteiger partial charge in [-0.25, -0.2) is 0 Å². The minimum Gasteiger partial charge on any atom is -0.467 e. The number of aliphatic hydroxyl groups is 1. The molecule has 2 atom stereocenters. The highest BCUT2D eigenvalue weighted by molar-refractivity contribution is 5.19. The number of hydrogen-bond donors (Lipinski definition) is 1. The van der Waals surface area contributed by atoms with Gasteiger partial charge in [-0.05, 0) is 50.1 Å². The van der Waals surface area contributed by atoms with Crippen molar-refractivity contribution in [1.82, 2.24) is 4.90 Å². The summed E-state index contributed by atoms with van der Waals surface area (Å²) in [4.78, 5) is 2.30. The lowest BCUT2D eigenvalue weighted by Gasteiger charge is -2.24. The Morgan fingerprint density at radius 3 is 3.05 bits per heavy atom. The summed E-state index contributed by atoms with van der Waals surface area (Å²) in [5.41, 5.74) is 0. The average Bonchev–Trinajstić information content (AvgIpc) is 3.21. The number of likely N-dealkylation sites (tertiary alicyclic amines) is 1. The Hall–Kier alpha value is -2.03. The molecular weight excluding hydrogens is 268 g/mol. The van der Waals surface area contributed by atoms with Crippen LogP contribution in [0.2, 0.25) is 0 Å². The number of nitrogens with zero attached hydrogens (tertiary/aromatic N) is 2. The molecular formula is C16H18N2O3. The lowest BCUT2D eigenvalue weighted by molar-refractivity contribution is 0.0970. The van der Waals surface area contributed by atoms with Crippen LogP contribution < -0.4 is 0 Å². The van der Waals surface area contributed by atoms with Crippen molar-refractivity contribution in [3.8, 4) is 6.07 Å². The predicted molar refractivity (Wildman–Crippen MR) is 75.1 cm³/mol. The summed E-state index contributed by atoms with van der Waals surface area (Å²) < 4.78 is 10.7. The van der Waals surface area contributed by atoms with Gasteiger partial charge in [-0.3, -0.25) is 4.90 Å². The SMILES string of the molecule is N#Cc1ccc(CN2CCCC2CC(O)c2ccco2)o1. The van der Waals surface area contributed by atoms with E-state index in [9.17, 15) is 5.11 Å². The highest BCUT2D eigenvalue weighted by atomic mass is 16.4. The molecule has 2 unspecified atom stereocenters. The highest BCUT2D eigenvalue weighted by Crippen LogP contribution is 2.29. The van der Waals surface area contributed by atoms with Crippen LogP contribution in [0.5, 0.6) is 0 Å². The van der Waals surface area contributed by atoms with Gasteiger partial charge in [0, 0.05) is 6.04 Å². The van der Waals surface area contributed by atoms with Gasteiger partial charge in [-0.1, -0.05) is 0 Å². The molecule has 0 aliphatic carbocycles. The molecule has 0 saturated carbocycles. The van der Waals surface area contributed by atoms with Crippen LogP contribution in [0.1, 0.15) is 42.6 Å². The van der Waals surface area contributed by atoms with Crippen molar-refractivity contribution in [2.75, 3.05) is 6.54 Å². The first kappa shape index (κ1) is 13.9. The van der Waals surface area contributed by atoms with Crippen LogP contribution in [0.4, 0.5) is 0 Å². The van der Waals surface area contributed by atoms with E-state index in [0.29, 0.717) is 30.5 Å². The molecule has 0 amide bonds. The third-order valence-corrected chi connectivity index (χ3v) is 4.00. The quantitative estimate of drug-likeness (QED) is 0.915. The fourth-order valence-corrected chi connectivity index (χ4v) is 2.95. The van der Waals surface area contributed by atoms with Gasteiger partial charge < -0.3 is 13.9 Å². The van der Waals surface area contributed by atoms with Crippen molar-refractivity contribution in [3.05, 3.63) is 47.8 Å². The second-order valence-corrected chi connectivity index (χ2v) is 5.41. The summed E-state index contributed by atoms with van der Waals surface area (Å²) in [6, 6.07) is 9.43. The van der Waals surface area contributed by atoms with Gasteiger partial charge in [0.15, 0.2) is 0 Å². The first-order valence-electron chi connectivity index (χ1n) is 7.20. The summed E-state index contributed by atoms with van der Waals surface area (Å²) in [6.07, 6.45) is 3.83. The van der Waals surface area contributed by atoms with Gasteiger partial charge in [0.05, 0.1) is 12.8 Å². The largest absolute Gasteiger partial charge is 0.467 e. The number of nitriles is 1. The van der Waals surface area contributed by atoms with E-state index in [0.717, 1.165) is 25.1 Å². The third kappa shape index (κ3) is 3.18. The first-order chi connectivity index (χ1) is 10.3. The minimum atomic E-state index is -0.572. The Balaban J connectivity index is 1.61. The summed E-state index contributed by atoms with van der Waals surface area (Å²) in [6.45, 7) is 1.66. The molecule has 1 saturated heterocycles. The molecule has 1 fully saturated rings. The van der Waals surface area contributed by atoms with E-state index < -0.39 is 6.10 Å². The zero-order valence-corrected chi connectivity index (χ0v) is 11.7. The zero-order chi connectivity index (χ0) is 14.7. The Kier molecular flexibility index (Phi) is 4.09. The van der Waals surface area contributed by atoms with E-state index in [1.165, 1.54) is 0 Å². The summed E-state index contributed by atoms with van der Waals surface area (Å²) >= 11 is 0. The Labute approximate surface area is 123 Å². The summed E-state index contributed by atoms with van der Waals surface area (Å²) in [5, 5.41) is 19.0. The van der Waals surface area contributed by atoms with E-state index in [1.54, 1.807) is 24.5 Å². The molecule has 110 valence electrons. The van der Waals surface area contributed by atoms with Gasteiger partial charge in [-0.15, -0.1) is 0 Å². The second-order valence-electron chi connectivity index (χ2n) is 5.41. The van der Waals surface area contributed by atoms with E-state index in [1.807, 2.05) is 12.1 Å². The molecule has 2 aromatic heterocycles. The van der Waals surface area contributed by atoms with Crippen molar-refractivity contribution in [2.24, 2.45) is 0 Å². The summed E-state index contributed by atoms with van der Waals surface area (Å²) in [5.74, 6) is 1.76. The second kappa shape index (κ2) is 6.17. The molecule has 0 aromatic carbocycles. The third-order valence-electron chi connectivity index (χ3n) is 4.00. The molecule has 5 heteroatoms. The van der Waals surface area contributed by atoms with Gasteiger partial charge in [0.1, 0.15) is 23.7 Å². The van der Waals surface area contributed by atoms with E-state index in [2.05, 4.69) is 4.90 Å². The fraction of sp³-hybridized carbons (Fsp3) is 0.438. The van der Waals surface area contributed by atoms with Crippen molar-refractivity contribution in [1.29, 1.82) is 5.26 Å². The van der Waals surface area contributed by atoms with Crippen molar-refractivity contribution < 1.29 is 13.9 Å². The maximum atomic E-state index is 10.2. The zero-order valence-electron chi connectivity index (χ0n) is 11.7. The van der Waals surface area contributed by atoms with Crippen molar-refractivity contribution in [3.63, 3.8) is 0 Å². The standard InChI is InChI=1S/C16H18N2O3/c17-10-13-5-6-14(21-13)11-18-7-1-3-12(18)9-15(19)16-4-2-8-20-16/h2,4-6,8,12,15,19H,1,3,7,9,11H2. The molecule has 3 heterocycles. The van der Waals surface area contributed by atoms with Crippen LogP contribution in [-0.4, -0.2) is 22.6 Å². The van der Waals surface area contributed by atoms with Gasteiger partial charge in [-0.2, -0.15) is 5.26 Å². The predicted octanol–water partition coefficient (Wildman–Crippen LogP) is 2.83. The minimum absolute atomic E-state index is 0.306. The average molecular weight is 286 g/mol. The lowest BCUT2D eigenvalue weighted by atomic mass is 10.1. The van der Waals surface area contributed by atoms with Crippen LogP contribution in [0.3, 0.4) is 0 Å². The maximum Gasteiger partial charge on any atom is 0.203 e. The number of aliphatic hydroxyl groups excluding tert-OH is 1. The van der Waals surface area contributed by atoms with Crippen LogP contribution in [0.15, 0.2) is 39.4 Å². The van der Waals surface area contributed by atoms with Crippen molar-refractivity contribution in [2.45, 2.75) is 38.0 Å². The molecule has 0 bridgehead atoms. The van der Waals surface area contributed by atoms with Crippen LogP contribution in [-0.2, 0) is 6.54 Å². The van der Waals surface area contributed by atoms with Crippen LogP contribution in [0, 0.1) is 11.3 Å². The van der Waals surface area contributed by atoms with Gasteiger partial charge >= 0.3 is 0 Å². The normalized spacial score (nSPS) is 20.5. The Morgan fingerprint density at radius 1 is 1.43 bits per heavy atom. The van der Waals surface area contributed by atoms with Crippen LogP contribution >= 0.6 is 0 Å².